The van der Waals surface area contributed by atoms with Gasteiger partial charge in [-0.25, -0.2) is 8.78 Å². The summed E-state index contributed by atoms with van der Waals surface area (Å²) in [7, 11) is 0. The van der Waals surface area contributed by atoms with E-state index in [2.05, 4.69) is 10.6 Å². The van der Waals surface area contributed by atoms with Crippen LogP contribution in [0.1, 0.15) is 5.56 Å². The standard InChI is InChI=1S/C15H14F2N2O2/c16-11-4-5-14(13(17)7-11)19-15(21)8-18-12-3-1-2-10(6-12)9-20/h1-7,18,20H,8-9H2,(H,19,21). The number of hydrogen-bond donors (Lipinski definition) is 3. The summed E-state index contributed by atoms with van der Waals surface area (Å²) < 4.78 is 26.1. The van der Waals surface area contributed by atoms with E-state index in [4.69, 9.17) is 5.11 Å². The lowest BCUT2D eigenvalue weighted by molar-refractivity contribution is -0.114. The molecule has 110 valence electrons. The fourth-order valence-corrected chi connectivity index (χ4v) is 1.75. The molecule has 0 aliphatic carbocycles. The van der Waals surface area contributed by atoms with Gasteiger partial charge in [-0.3, -0.25) is 4.79 Å². The zero-order valence-corrected chi connectivity index (χ0v) is 11.1. The molecule has 0 radical (unpaired) electrons. The van der Waals surface area contributed by atoms with Crippen LogP contribution in [0, 0.1) is 11.6 Å². The number of hydrogen-bond acceptors (Lipinski definition) is 3. The van der Waals surface area contributed by atoms with Gasteiger partial charge in [-0.05, 0) is 29.8 Å². The van der Waals surface area contributed by atoms with Crippen LogP contribution in [0.15, 0.2) is 42.5 Å². The maximum Gasteiger partial charge on any atom is 0.243 e. The lowest BCUT2D eigenvalue weighted by Gasteiger charge is -2.09. The average Bonchev–Trinajstić information content (AvgIpc) is 2.48. The van der Waals surface area contributed by atoms with Crippen molar-refractivity contribution in [1.82, 2.24) is 0 Å². The lowest BCUT2D eigenvalue weighted by atomic mass is 10.2. The van der Waals surface area contributed by atoms with Gasteiger partial charge in [0.15, 0.2) is 0 Å². The van der Waals surface area contributed by atoms with Crippen LogP contribution in [0.2, 0.25) is 0 Å². The number of carbonyl (C=O) groups excluding carboxylic acids is 1. The van der Waals surface area contributed by atoms with Crippen molar-refractivity contribution in [1.29, 1.82) is 0 Å². The highest BCUT2D eigenvalue weighted by Gasteiger charge is 2.08. The number of anilines is 2. The number of aliphatic hydroxyl groups is 1. The first-order chi connectivity index (χ1) is 10.1. The van der Waals surface area contributed by atoms with Crippen molar-refractivity contribution < 1.29 is 18.7 Å². The van der Waals surface area contributed by atoms with Gasteiger partial charge in [-0.1, -0.05) is 12.1 Å². The van der Waals surface area contributed by atoms with Gasteiger partial charge >= 0.3 is 0 Å². The van der Waals surface area contributed by atoms with E-state index < -0.39 is 17.5 Å². The minimum absolute atomic E-state index is 0.0766. The molecule has 0 atom stereocenters. The topological polar surface area (TPSA) is 61.4 Å². The molecule has 2 aromatic rings. The molecule has 21 heavy (non-hydrogen) atoms. The number of benzene rings is 2. The molecule has 6 heteroatoms. The van der Waals surface area contributed by atoms with Crippen molar-refractivity contribution in [3.63, 3.8) is 0 Å². The molecular weight excluding hydrogens is 278 g/mol. The van der Waals surface area contributed by atoms with Crippen LogP contribution in [0.4, 0.5) is 20.2 Å². The first-order valence-corrected chi connectivity index (χ1v) is 6.27. The summed E-state index contributed by atoms with van der Waals surface area (Å²) in [4.78, 5) is 11.7. The maximum absolute atomic E-state index is 13.4. The maximum atomic E-state index is 13.4. The third kappa shape index (κ3) is 4.25. The lowest BCUT2D eigenvalue weighted by Crippen LogP contribution is -2.22. The van der Waals surface area contributed by atoms with Gasteiger partial charge in [0.1, 0.15) is 11.6 Å². The van der Waals surface area contributed by atoms with Gasteiger partial charge in [0, 0.05) is 11.8 Å². The molecule has 0 aromatic heterocycles. The van der Waals surface area contributed by atoms with E-state index in [0.29, 0.717) is 17.3 Å². The molecule has 2 rings (SSSR count). The summed E-state index contributed by atoms with van der Waals surface area (Å²) in [5.74, 6) is -2.00. The molecular formula is C15H14F2N2O2. The van der Waals surface area contributed by atoms with Gasteiger partial charge in [-0.15, -0.1) is 0 Å². The Labute approximate surface area is 120 Å². The Morgan fingerprint density at radius 1 is 1.14 bits per heavy atom. The minimum Gasteiger partial charge on any atom is -0.392 e. The number of carbonyl (C=O) groups is 1. The molecule has 0 unspecified atom stereocenters. The average molecular weight is 292 g/mol. The molecule has 1 amide bonds. The van der Waals surface area contributed by atoms with E-state index in [9.17, 15) is 13.6 Å². The van der Waals surface area contributed by atoms with Gasteiger partial charge in [0.25, 0.3) is 0 Å². The quantitative estimate of drug-likeness (QED) is 0.793. The molecule has 2 aromatic carbocycles. The normalized spacial score (nSPS) is 10.2. The summed E-state index contributed by atoms with van der Waals surface area (Å²) in [5.41, 5.74) is 1.30. The van der Waals surface area contributed by atoms with E-state index in [1.54, 1.807) is 24.3 Å². The van der Waals surface area contributed by atoms with Crippen molar-refractivity contribution >= 4 is 17.3 Å². The van der Waals surface area contributed by atoms with Crippen LogP contribution in [0.3, 0.4) is 0 Å². The highest BCUT2D eigenvalue weighted by molar-refractivity contribution is 5.93. The molecule has 0 bridgehead atoms. The summed E-state index contributed by atoms with van der Waals surface area (Å²) in [5, 5.41) is 14.2. The molecule has 0 heterocycles. The monoisotopic (exact) mass is 292 g/mol. The molecule has 0 spiro atoms. The molecule has 3 N–H and O–H groups in total. The Hall–Kier alpha value is -2.47. The second kappa shape index (κ2) is 6.81. The number of amides is 1. The minimum atomic E-state index is -0.828. The predicted molar refractivity (Wildman–Crippen MR) is 75.8 cm³/mol. The van der Waals surface area contributed by atoms with Crippen LogP contribution in [-0.4, -0.2) is 17.6 Å². The molecule has 0 saturated carbocycles. The summed E-state index contributed by atoms with van der Waals surface area (Å²) >= 11 is 0. The first-order valence-electron chi connectivity index (χ1n) is 6.27. The van der Waals surface area contributed by atoms with E-state index in [0.717, 1.165) is 12.1 Å². The molecule has 0 fully saturated rings. The second-order valence-corrected chi connectivity index (χ2v) is 4.38. The third-order valence-corrected chi connectivity index (χ3v) is 2.77. The summed E-state index contributed by atoms with van der Waals surface area (Å²) in [6.07, 6.45) is 0. The second-order valence-electron chi connectivity index (χ2n) is 4.38. The van der Waals surface area contributed by atoms with E-state index in [1.807, 2.05) is 0 Å². The van der Waals surface area contributed by atoms with Crippen molar-refractivity contribution in [2.75, 3.05) is 17.2 Å². The summed E-state index contributed by atoms with van der Waals surface area (Å²) in [6, 6.07) is 9.86. The largest absolute Gasteiger partial charge is 0.392 e. The van der Waals surface area contributed by atoms with E-state index in [1.165, 1.54) is 0 Å². The van der Waals surface area contributed by atoms with Crippen LogP contribution in [0.5, 0.6) is 0 Å². The first kappa shape index (κ1) is 14.9. The van der Waals surface area contributed by atoms with Crippen LogP contribution >= 0.6 is 0 Å². The smallest absolute Gasteiger partial charge is 0.243 e. The van der Waals surface area contributed by atoms with Gasteiger partial charge in [0.2, 0.25) is 5.91 Å². The van der Waals surface area contributed by atoms with Crippen molar-refractivity contribution in [3.8, 4) is 0 Å². The Morgan fingerprint density at radius 3 is 2.67 bits per heavy atom. The van der Waals surface area contributed by atoms with Gasteiger partial charge in [-0.2, -0.15) is 0 Å². The molecule has 4 nitrogen and oxygen atoms in total. The van der Waals surface area contributed by atoms with Crippen LogP contribution in [-0.2, 0) is 11.4 Å². The zero-order valence-electron chi connectivity index (χ0n) is 11.1. The van der Waals surface area contributed by atoms with Crippen molar-refractivity contribution in [3.05, 3.63) is 59.7 Å². The fourth-order valence-electron chi connectivity index (χ4n) is 1.75. The zero-order chi connectivity index (χ0) is 15.2. The summed E-state index contributed by atoms with van der Waals surface area (Å²) in [6.45, 7) is -0.172. The van der Waals surface area contributed by atoms with E-state index >= 15 is 0 Å². The Kier molecular flexibility index (Phi) is 4.84. The van der Waals surface area contributed by atoms with Crippen LogP contribution < -0.4 is 10.6 Å². The number of nitrogens with one attached hydrogen (secondary N) is 2. The predicted octanol–water partition coefficient (Wildman–Crippen LogP) is 2.51. The van der Waals surface area contributed by atoms with Gasteiger partial charge in [0.05, 0.1) is 18.8 Å². The Bertz CT molecular complexity index is 647. The molecule has 0 aliphatic heterocycles. The fraction of sp³-hybridized carbons (Fsp3) is 0.133. The van der Waals surface area contributed by atoms with Crippen LogP contribution in [0.25, 0.3) is 0 Å². The third-order valence-electron chi connectivity index (χ3n) is 2.77. The highest BCUT2D eigenvalue weighted by atomic mass is 19.1. The Balaban J connectivity index is 1.92. The van der Waals surface area contributed by atoms with Crippen molar-refractivity contribution in [2.24, 2.45) is 0 Å². The number of halogens is 2. The van der Waals surface area contributed by atoms with Crippen molar-refractivity contribution in [2.45, 2.75) is 6.61 Å². The van der Waals surface area contributed by atoms with Gasteiger partial charge < -0.3 is 15.7 Å². The SMILES string of the molecule is O=C(CNc1cccc(CO)c1)Nc1ccc(F)cc1F. The van der Waals surface area contributed by atoms with E-state index in [-0.39, 0.29) is 18.8 Å². The highest BCUT2D eigenvalue weighted by Crippen LogP contribution is 2.15. The molecule has 0 aliphatic rings. The number of rotatable bonds is 5. The Morgan fingerprint density at radius 2 is 1.95 bits per heavy atom. The number of aliphatic hydroxyl groups excluding tert-OH is 1. The molecule has 0 saturated heterocycles.